The molecule has 2 rings (SSSR count). The van der Waals surface area contributed by atoms with Crippen molar-refractivity contribution in [1.29, 1.82) is 0 Å². The second-order valence-electron chi connectivity index (χ2n) is 4.42. The number of hydrogen-bond donors (Lipinski definition) is 2. The Morgan fingerprint density at radius 3 is 2.80 bits per heavy atom. The van der Waals surface area contributed by atoms with Crippen molar-refractivity contribution >= 4 is 23.0 Å². The molecule has 2 amide bonds. The number of benzene rings is 1. The zero-order valence-electron chi connectivity index (χ0n) is 11.2. The van der Waals surface area contributed by atoms with Gasteiger partial charge in [-0.3, -0.25) is 0 Å². The lowest BCUT2D eigenvalue weighted by atomic mass is 10.2. The monoisotopic (exact) mass is 277 g/mol. The van der Waals surface area contributed by atoms with Gasteiger partial charge in [0, 0.05) is 20.6 Å². The summed E-state index contributed by atoms with van der Waals surface area (Å²) in [7, 11) is 3.30. The number of urea groups is 1. The predicted octanol–water partition coefficient (Wildman–Crippen LogP) is 0.401. The number of hydrogen-bond acceptors (Lipinski definition) is 4. The van der Waals surface area contributed by atoms with Gasteiger partial charge in [-0.05, 0) is 12.1 Å². The molecule has 20 heavy (non-hydrogen) atoms. The van der Waals surface area contributed by atoms with Crippen LogP contribution in [0.1, 0.15) is 10.4 Å². The van der Waals surface area contributed by atoms with Gasteiger partial charge in [-0.1, -0.05) is 11.3 Å². The zero-order valence-corrected chi connectivity index (χ0v) is 11.2. The topological polar surface area (TPSA) is 100 Å². The first-order valence-corrected chi connectivity index (χ1v) is 6.01. The quantitative estimate of drug-likeness (QED) is 0.842. The fourth-order valence-electron chi connectivity index (χ4n) is 1.76. The highest BCUT2D eigenvalue weighted by Crippen LogP contribution is 2.15. The first-order chi connectivity index (χ1) is 9.50. The standard InChI is InChI=1S/C12H15N5O3/c1-16(2)12(20)13-6-7-17-9-5-3-4-8(11(18)19)10(9)14-15-17/h3-5H,6-7H2,1-2H3,(H,13,20)(H,18,19). The third-order valence-corrected chi connectivity index (χ3v) is 2.78. The van der Waals surface area contributed by atoms with Crippen molar-refractivity contribution in [2.24, 2.45) is 0 Å². The lowest BCUT2D eigenvalue weighted by Gasteiger charge is -2.11. The lowest BCUT2D eigenvalue weighted by molar-refractivity contribution is 0.0698. The summed E-state index contributed by atoms with van der Waals surface area (Å²) in [6.45, 7) is 0.798. The molecule has 2 aromatic rings. The van der Waals surface area contributed by atoms with E-state index in [0.717, 1.165) is 0 Å². The van der Waals surface area contributed by atoms with Gasteiger partial charge >= 0.3 is 12.0 Å². The highest BCUT2D eigenvalue weighted by atomic mass is 16.4. The van der Waals surface area contributed by atoms with Crippen molar-refractivity contribution in [2.75, 3.05) is 20.6 Å². The minimum Gasteiger partial charge on any atom is -0.478 e. The maximum absolute atomic E-state index is 11.4. The van der Waals surface area contributed by atoms with Crippen LogP contribution in [-0.4, -0.2) is 57.6 Å². The van der Waals surface area contributed by atoms with Crippen LogP contribution < -0.4 is 5.32 Å². The van der Waals surface area contributed by atoms with Crippen LogP contribution in [0.15, 0.2) is 18.2 Å². The number of carboxylic acid groups (broad SMARTS) is 1. The van der Waals surface area contributed by atoms with Gasteiger partial charge in [-0.25, -0.2) is 14.3 Å². The summed E-state index contributed by atoms with van der Waals surface area (Å²) in [6, 6.07) is 4.68. The maximum atomic E-state index is 11.4. The van der Waals surface area contributed by atoms with Gasteiger partial charge in [0.1, 0.15) is 5.52 Å². The number of nitrogens with zero attached hydrogens (tertiary/aromatic N) is 4. The van der Waals surface area contributed by atoms with Crippen molar-refractivity contribution in [3.05, 3.63) is 23.8 Å². The van der Waals surface area contributed by atoms with E-state index in [1.807, 2.05) is 0 Å². The number of fused-ring (bicyclic) bond motifs is 1. The smallest absolute Gasteiger partial charge is 0.338 e. The zero-order chi connectivity index (χ0) is 14.7. The molecule has 1 heterocycles. The van der Waals surface area contributed by atoms with Crippen LogP contribution in [0.3, 0.4) is 0 Å². The van der Waals surface area contributed by atoms with Gasteiger partial charge in [0.15, 0.2) is 0 Å². The minimum atomic E-state index is -1.04. The number of carbonyl (C=O) groups is 2. The van der Waals surface area contributed by atoms with Gasteiger partial charge < -0.3 is 15.3 Å². The van der Waals surface area contributed by atoms with Gasteiger partial charge in [-0.2, -0.15) is 0 Å². The molecular weight excluding hydrogens is 262 g/mol. The van der Waals surface area contributed by atoms with E-state index in [4.69, 9.17) is 5.11 Å². The van der Waals surface area contributed by atoms with Crippen LogP contribution in [-0.2, 0) is 6.54 Å². The van der Waals surface area contributed by atoms with Crippen molar-refractivity contribution in [2.45, 2.75) is 6.54 Å². The van der Waals surface area contributed by atoms with Crippen LogP contribution in [0.25, 0.3) is 11.0 Å². The number of aromatic carboxylic acids is 1. The van der Waals surface area contributed by atoms with Crippen molar-refractivity contribution < 1.29 is 14.7 Å². The Hall–Kier alpha value is -2.64. The van der Waals surface area contributed by atoms with E-state index in [1.54, 1.807) is 30.9 Å². The Morgan fingerprint density at radius 1 is 1.40 bits per heavy atom. The minimum absolute atomic E-state index is 0.117. The Labute approximate surface area is 115 Å². The molecular formula is C12H15N5O3. The SMILES string of the molecule is CN(C)C(=O)NCCn1nnc2c(C(=O)O)cccc21. The third kappa shape index (κ3) is 2.68. The van der Waals surface area contributed by atoms with Crippen LogP contribution >= 0.6 is 0 Å². The molecule has 1 aromatic carbocycles. The molecule has 0 radical (unpaired) electrons. The highest BCUT2D eigenvalue weighted by molar-refractivity contribution is 6.00. The molecule has 106 valence electrons. The number of carboxylic acids is 1. The molecule has 1 aromatic heterocycles. The lowest BCUT2D eigenvalue weighted by Crippen LogP contribution is -2.36. The molecule has 0 aliphatic heterocycles. The van der Waals surface area contributed by atoms with Gasteiger partial charge in [0.2, 0.25) is 0 Å². The number of carbonyl (C=O) groups excluding carboxylic acids is 1. The Morgan fingerprint density at radius 2 is 2.15 bits per heavy atom. The molecule has 0 atom stereocenters. The molecule has 8 nitrogen and oxygen atoms in total. The number of aromatic nitrogens is 3. The molecule has 0 unspecified atom stereocenters. The summed E-state index contributed by atoms with van der Waals surface area (Å²) >= 11 is 0. The van der Waals surface area contributed by atoms with Crippen LogP contribution in [0.5, 0.6) is 0 Å². The summed E-state index contributed by atoms with van der Waals surface area (Å²) in [4.78, 5) is 23.9. The fourth-order valence-corrected chi connectivity index (χ4v) is 1.76. The maximum Gasteiger partial charge on any atom is 0.338 e. The largest absolute Gasteiger partial charge is 0.478 e. The summed E-state index contributed by atoms with van der Waals surface area (Å²) in [5.41, 5.74) is 1.09. The van der Waals surface area contributed by atoms with Crippen LogP contribution in [0.4, 0.5) is 4.79 Å². The second kappa shape index (κ2) is 5.55. The number of rotatable bonds is 4. The summed E-state index contributed by atoms with van der Waals surface area (Å²) in [5, 5.41) is 19.6. The predicted molar refractivity (Wildman–Crippen MR) is 71.6 cm³/mol. The highest BCUT2D eigenvalue weighted by Gasteiger charge is 2.13. The Kier molecular flexibility index (Phi) is 3.83. The molecule has 8 heteroatoms. The van der Waals surface area contributed by atoms with E-state index in [0.29, 0.717) is 24.1 Å². The molecule has 0 spiro atoms. The first-order valence-electron chi connectivity index (χ1n) is 6.01. The van der Waals surface area contributed by atoms with Crippen molar-refractivity contribution in [1.82, 2.24) is 25.2 Å². The number of amides is 2. The van der Waals surface area contributed by atoms with E-state index >= 15 is 0 Å². The summed E-state index contributed by atoms with van der Waals surface area (Å²) in [5.74, 6) is -1.04. The third-order valence-electron chi connectivity index (χ3n) is 2.78. The van der Waals surface area contributed by atoms with Crippen molar-refractivity contribution in [3.8, 4) is 0 Å². The van der Waals surface area contributed by atoms with Crippen LogP contribution in [0, 0.1) is 0 Å². The normalized spacial score (nSPS) is 10.5. The number of nitrogens with one attached hydrogen (secondary N) is 1. The van der Waals surface area contributed by atoms with E-state index < -0.39 is 5.97 Å². The van der Waals surface area contributed by atoms with E-state index in [1.165, 1.54) is 11.0 Å². The average molecular weight is 277 g/mol. The van der Waals surface area contributed by atoms with Gasteiger partial charge in [-0.15, -0.1) is 5.10 Å². The van der Waals surface area contributed by atoms with E-state index in [-0.39, 0.29) is 11.6 Å². The van der Waals surface area contributed by atoms with Crippen LogP contribution in [0.2, 0.25) is 0 Å². The van der Waals surface area contributed by atoms with E-state index in [9.17, 15) is 9.59 Å². The van der Waals surface area contributed by atoms with Gasteiger partial charge in [0.05, 0.1) is 17.6 Å². The average Bonchev–Trinajstić information content (AvgIpc) is 2.81. The van der Waals surface area contributed by atoms with Gasteiger partial charge in [0.25, 0.3) is 0 Å². The molecule has 2 N–H and O–H groups in total. The Balaban J connectivity index is 2.14. The molecule has 0 aliphatic carbocycles. The Bertz CT molecular complexity index is 650. The second-order valence-corrected chi connectivity index (χ2v) is 4.42. The van der Waals surface area contributed by atoms with E-state index in [2.05, 4.69) is 15.6 Å². The molecule has 0 aliphatic rings. The van der Waals surface area contributed by atoms with Crippen molar-refractivity contribution in [3.63, 3.8) is 0 Å². The summed E-state index contributed by atoms with van der Waals surface area (Å²) < 4.78 is 1.57. The molecule has 0 saturated heterocycles. The molecule has 0 bridgehead atoms. The first kappa shape index (κ1) is 13.8. The molecule has 0 saturated carbocycles. The summed E-state index contributed by atoms with van der Waals surface area (Å²) in [6.07, 6.45) is 0. The fraction of sp³-hybridized carbons (Fsp3) is 0.333. The molecule has 0 fully saturated rings.